The van der Waals surface area contributed by atoms with Gasteiger partial charge in [-0.2, -0.15) is 5.10 Å². The van der Waals surface area contributed by atoms with Crippen molar-refractivity contribution < 1.29 is 19.4 Å². The van der Waals surface area contributed by atoms with Crippen LogP contribution >= 0.6 is 0 Å². The van der Waals surface area contributed by atoms with E-state index < -0.39 is 12.0 Å². The molecule has 2 aromatic rings. The molecule has 0 bridgehead atoms. The number of hydrogen-bond acceptors (Lipinski definition) is 5. The lowest BCUT2D eigenvalue weighted by molar-refractivity contribution is -0.128. The van der Waals surface area contributed by atoms with Gasteiger partial charge in [-0.1, -0.05) is 30.3 Å². The predicted octanol–water partition coefficient (Wildman–Crippen LogP) is 1.77. The molecular formula is C20H23N3O4. The number of hydrogen-bond donors (Lipinski definition) is 3. The second-order valence-corrected chi connectivity index (χ2v) is 5.97. The van der Waals surface area contributed by atoms with Gasteiger partial charge in [0.15, 0.2) is 6.61 Å². The maximum Gasteiger partial charge on any atom is 0.268 e. The van der Waals surface area contributed by atoms with Crippen LogP contribution in [0.3, 0.4) is 0 Å². The summed E-state index contributed by atoms with van der Waals surface area (Å²) in [6.45, 7) is 3.18. The summed E-state index contributed by atoms with van der Waals surface area (Å²) in [5.74, 6) is -0.248. The van der Waals surface area contributed by atoms with Crippen molar-refractivity contribution in [3.8, 4) is 5.75 Å². The fraction of sp³-hybridized carbons (Fsp3) is 0.250. The monoisotopic (exact) mass is 369 g/mol. The normalized spacial score (nSPS) is 13.0. The van der Waals surface area contributed by atoms with Crippen LogP contribution in [0.1, 0.15) is 31.0 Å². The van der Waals surface area contributed by atoms with E-state index in [0.717, 1.165) is 11.1 Å². The van der Waals surface area contributed by atoms with Crippen molar-refractivity contribution in [1.82, 2.24) is 10.7 Å². The Hall–Kier alpha value is -3.19. The minimum atomic E-state index is -1.12. The van der Waals surface area contributed by atoms with E-state index in [-0.39, 0.29) is 18.6 Å². The molecule has 0 heterocycles. The van der Waals surface area contributed by atoms with E-state index in [1.54, 1.807) is 24.3 Å². The maximum absolute atomic E-state index is 12.0. The van der Waals surface area contributed by atoms with Gasteiger partial charge >= 0.3 is 0 Å². The first-order valence-corrected chi connectivity index (χ1v) is 8.54. The van der Waals surface area contributed by atoms with Crippen LogP contribution in [0.15, 0.2) is 59.7 Å². The topological polar surface area (TPSA) is 100 Å². The van der Waals surface area contributed by atoms with Crippen molar-refractivity contribution in [3.63, 3.8) is 0 Å². The van der Waals surface area contributed by atoms with Gasteiger partial charge in [0, 0.05) is 0 Å². The first-order chi connectivity index (χ1) is 13.0. The zero-order valence-corrected chi connectivity index (χ0v) is 15.3. The highest BCUT2D eigenvalue weighted by Crippen LogP contribution is 2.13. The van der Waals surface area contributed by atoms with Crippen LogP contribution in [0, 0.1) is 0 Å². The smallest absolute Gasteiger partial charge is 0.268 e. The van der Waals surface area contributed by atoms with E-state index in [4.69, 9.17) is 9.84 Å². The third-order valence-electron chi connectivity index (χ3n) is 3.69. The molecule has 0 unspecified atom stereocenters. The molecule has 0 aliphatic carbocycles. The number of rotatable bonds is 8. The lowest BCUT2D eigenvalue weighted by atomic mass is 10.1. The number of aliphatic hydroxyl groups is 1. The van der Waals surface area contributed by atoms with Gasteiger partial charge in [0.05, 0.1) is 12.3 Å². The molecular weight excluding hydrogens is 346 g/mol. The Balaban J connectivity index is 1.78. The van der Waals surface area contributed by atoms with Crippen LogP contribution in [0.2, 0.25) is 0 Å². The molecule has 0 saturated heterocycles. The summed E-state index contributed by atoms with van der Waals surface area (Å²) in [5, 5.41) is 15.7. The Morgan fingerprint density at radius 1 is 1.11 bits per heavy atom. The lowest BCUT2D eigenvalue weighted by Gasteiger charge is -2.14. The van der Waals surface area contributed by atoms with Crippen molar-refractivity contribution in [2.75, 3.05) is 6.61 Å². The van der Waals surface area contributed by atoms with E-state index in [1.807, 2.05) is 37.3 Å². The van der Waals surface area contributed by atoms with Crippen molar-refractivity contribution in [2.45, 2.75) is 26.0 Å². The molecule has 0 aromatic heterocycles. The van der Waals surface area contributed by atoms with E-state index in [2.05, 4.69) is 15.8 Å². The van der Waals surface area contributed by atoms with Crippen molar-refractivity contribution in [1.29, 1.82) is 0 Å². The Kier molecular flexibility index (Phi) is 7.51. The minimum Gasteiger partial charge on any atom is -0.484 e. The average molecular weight is 369 g/mol. The largest absolute Gasteiger partial charge is 0.484 e. The van der Waals surface area contributed by atoms with Gasteiger partial charge in [0.1, 0.15) is 11.9 Å². The zero-order valence-electron chi connectivity index (χ0n) is 15.3. The van der Waals surface area contributed by atoms with Crippen molar-refractivity contribution in [3.05, 3.63) is 65.7 Å². The van der Waals surface area contributed by atoms with Crippen molar-refractivity contribution >= 4 is 18.0 Å². The maximum atomic E-state index is 12.0. The van der Waals surface area contributed by atoms with Crippen LogP contribution < -0.4 is 15.5 Å². The second kappa shape index (κ2) is 10.1. The molecule has 2 aromatic carbocycles. The third-order valence-corrected chi connectivity index (χ3v) is 3.69. The van der Waals surface area contributed by atoms with E-state index in [0.29, 0.717) is 5.75 Å². The Bertz CT molecular complexity index is 774. The predicted molar refractivity (Wildman–Crippen MR) is 102 cm³/mol. The molecule has 142 valence electrons. The molecule has 0 aliphatic rings. The molecule has 27 heavy (non-hydrogen) atoms. The highest BCUT2D eigenvalue weighted by Gasteiger charge is 2.09. The number of nitrogens with one attached hydrogen (secondary N) is 2. The first kappa shape index (κ1) is 20.1. The number of amides is 2. The molecule has 0 saturated carbocycles. The molecule has 0 aliphatic heterocycles. The van der Waals surface area contributed by atoms with E-state index >= 15 is 0 Å². The fourth-order valence-electron chi connectivity index (χ4n) is 2.17. The van der Waals surface area contributed by atoms with Gasteiger partial charge in [-0.05, 0) is 49.2 Å². The zero-order chi connectivity index (χ0) is 19.6. The number of carbonyl (C=O) groups excluding carboxylic acids is 2. The van der Waals surface area contributed by atoms with Crippen LogP contribution in [0.25, 0.3) is 0 Å². The molecule has 0 fully saturated rings. The Morgan fingerprint density at radius 3 is 2.41 bits per heavy atom. The van der Waals surface area contributed by atoms with Gasteiger partial charge in [-0.3, -0.25) is 9.59 Å². The molecule has 7 nitrogen and oxygen atoms in total. The summed E-state index contributed by atoms with van der Waals surface area (Å²) in [4.78, 5) is 23.2. The molecule has 7 heteroatoms. The molecule has 0 radical (unpaired) electrons. The highest BCUT2D eigenvalue weighted by molar-refractivity contribution is 5.84. The number of benzene rings is 2. The molecule has 2 amide bonds. The van der Waals surface area contributed by atoms with Crippen LogP contribution in [-0.4, -0.2) is 35.8 Å². The summed E-state index contributed by atoms with van der Waals surface area (Å²) >= 11 is 0. The minimum absolute atomic E-state index is 0.0882. The van der Waals surface area contributed by atoms with E-state index in [1.165, 1.54) is 13.1 Å². The van der Waals surface area contributed by atoms with Gasteiger partial charge < -0.3 is 15.2 Å². The summed E-state index contributed by atoms with van der Waals surface area (Å²) in [7, 11) is 0. The highest BCUT2D eigenvalue weighted by atomic mass is 16.5. The Morgan fingerprint density at radius 2 is 1.78 bits per heavy atom. The van der Waals surface area contributed by atoms with Crippen LogP contribution in [0.4, 0.5) is 0 Å². The van der Waals surface area contributed by atoms with E-state index in [9.17, 15) is 9.59 Å². The van der Waals surface area contributed by atoms with Crippen LogP contribution in [0.5, 0.6) is 5.75 Å². The molecule has 0 spiro atoms. The fourth-order valence-corrected chi connectivity index (χ4v) is 2.17. The number of nitrogens with zero attached hydrogens (tertiary/aromatic N) is 1. The second-order valence-electron chi connectivity index (χ2n) is 5.97. The lowest BCUT2D eigenvalue weighted by Crippen LogP contribution is -2.31. The Labute approximate surface area is 158 Å². The molecule has 2 atom stereocenters. The number of hydrazone groups is 1. The number of aliphatic hydroxyl groups excluding tert-OH is 1. The molecule has 3 N–H and O–H groups in total. The summed E-state index contributed by atoms with van der Waals surface area (Å²) in [6, 6.07) is 16.5. The standard InChI is InChI=1S/C20H23N3O4/c1-14(17-6-4-3-5-7-17)22-19(25)13-27-18-10-8-16(9-11-18)12-21-23-20(26)15(2)24/h3-12,14-15,24H,13H2,1-2H3,(H,22,25)(H,23,26)/b21-12-/t14-,15+/m0/s1. The summed E-state index contributed by atoms with van der Waals surface area (Å²) in [5.41, 5.74) is 3.97. The number of ether oxygens (including phenoxy) is 1. The SMILES string of the molecule is C[C@H](NC(=O)COc1ccc(/C=N\NC(=O)[C@@H](C)O)cc1)c1ccccc1. The third kappa shape index (κ3) is 6.91. The quantitative estimate of drug-likeness (QED) is 0.488. The number of carbonyl (C=O) groups is 2. The van der Waals surface area contributed by atoms with Crippen molar-refractivity contribution in [2.24, 2.45) is 5.10 Å². The van der Waals surface area contributed by atoms with Gasteiger partial charge in [0.2, 0.25) is 0 Å². The first-order valence-electron chi connectivity index (χ1n) is 8.54. The van der Waals surface area contributed by atoms with Gasteiger partial charge in [-0.15, -0.1) is 0 Å². The van der Waals surface area contributed by atoms with Crippen LogP contribution in [-0.2, 0) is 9.59 Å². The average Bonchev–Trinajstić information content (AvgIpc) is 2.67. The molecule has 2 rings (SSSR count). The van der Waals surface area contributed by atoms with Gasteiger partial charge in [-0.25, -0.2) is 5.43 Å². The summed E-state index contributed by atoms with van der Waals surface area (Å²) in [6.07, 6.45) is 0.326. The summed E-state index contributed by atoms with van der Waals surface area (Å²) < 4.78 is 5.47. The van der Waals surface area contributed by atoms with Gasteiger partial charge in [0.25, 0.3) is 11.8 Å².